The van der Waals surface area contributed by atoms with Crippen LogP contribution in [0.25, 0.3) is 0 Å². The minimum atomic E-state index is 0.228. The number of hydrogen-bond donors (Lipinski definition) is 0. The molecule has 1 aliphatic heterocycles. The number of rotatable bonds is 13. The van der Waals surface area contributed by atoms with Gasteiger partial charge in [0.1, 0.15) is 5.84 Å². The molecule has 27 heavy (non-hydrogen) atoms. The van der Waals surface area contributed by atoms with E-state index in [9.17, 15) is 0 Å². The molecule has 0 saturated heterocycles. The van der Waals surface area contributed by atoms with Crippen LogP contribution in [-0.2, 0) is 4.74 Å². The predicted molar refractivity (Wildman–Crippen MR) is 117 cm³/mol. The molecule has 0 fully saturated rings. The van der Waals surface area contributed by atoms with Gasteiger partial charge in [-0.15, -0.1) is 0 Å². The van der Waals surface area contributed by atoms with E-state index in [4.69, 9.17) is 4.74 Å². The summed E-state index contributed by atoms with van der Waals surface area (Å²) in [7, 11) is 4.24. The predicted octanol–water partition coefficient (Wildman–Crippen LogP) is 3.50. The van der Waals surface area contributed by atoms with Crippen LogP contribution in [0.15, 0.2) is 28.9 Å². The summed E-state index contributed by atoms with van der Waals surface area (Å²) in [6.45, 7) is 22.2. The Hall–Kier alpha value is -1.17. The minimum Gasteiger partial charge on any atom is -0.377 e. The molecule has 0 aromatic rings. The fourth-order valence-corrected chi connectivity index (χ4v) is 3.11. The molecule has 0 spiro atoms. The lowest BCUT2D eigenvalue weighted by Gasteiger charge is -2.26. The first-order chi connectivity index (χ1) is 12.8. The maximum atomic E-state index is 6.09. The monoisotopic (exact) mass is 378 g/mol. The van der Waals surface area contributed by atoms with Gasteiger partial charge in [-0.2, -0.15) is 0 Å². The van der Waals surface area contributed by atoms with E-state index in [2.05, 4.69) is 81.1 Å². The fraction of sp³-hybridized carbons (Fsp3) is 0.773. The summed E-state index contributed by atoms with van der Waals surface area (Å²) in [6, 6.07) is 0. The fourth-order valence-electron chi connectivity index (χ4n) is 3.11. The summed E-state index contributed by atoms with van der Waals surface area (Å²) >= 11 is 0. The maximum absolute atomic E-state index is 6.09. The van der Waals surface area contributed by atoms with E-state index in [-0.39, 0.29) is 6.10 Å². The molecule has 5 heteroatoms. The second-order valence-electron chi connectivity index (χ2n) is 7.80. The van der Waals surface area contributed by atoms with E-state index in [1.807, 2.05) is 0 Å². The van der Waals surface area contributed by atoms with Crippen molar-refractivity contribution in [1.82, 2.24) is 14.7 Å². The Labute approximate surface area is 167 Å². The van der Waals surface area contributed by atoms with Crippen LogP contribution in [0.2, 0.25) is 0 Å². The lowest BCUT2D eigenvalue weighted by Crippen LogP contribution is -2.35. The van der Waals surface area contributed by atoms with Crippen LogP contribution in [0, 0.1) is 5.92 Å². The first-order valence-corrected chi connectivity index (χ1v) is 10.5. The summed E-state index contributed by atoms with van der Waals surface area (Å²) in [6.07, 6.45) is 3.38. The van der Waals surface area contributed by atoms with Gasteiger partial charge in [0, 0.05) is 33.2 Å². The van der Waals surface area contributed by atoms with Gasteiger partial charge in [0.2, 0.25) is 0 Å². The maximum Gasteiger partial charge on any atom is 0.102 e. The molecule has 1 heterocycles. The number of amidine groups is 1. The van der Waals surface area contributed by atoms with Crippen LogP contribution in [0.1, 0.15) is 41.0 Å². The Bertz CT molecular complexity index is 514. The van der Waals surface area contributed by atoms with Crippen molar-refractivity contribution in [2.24, 2.45) is 10.9 Å². The molecule has 0 aromatic heterocycles. The van der Waals surface area contributed by atoms with Gasteiger partial charge in [0.25, 0.3) is 0 Å². The average Bonchev–Trinajstić information content (AvgIpc) is 2.65. The van der Waals surface area contributed by atoms with Crippen molar-refractivity contribution in [2.45, 2.75) is 47.1 Å². The molecular weight excluding hydrogens is 336 g/mol. The molecule has 1 aliphatic rings. The molecule has 0 amide bonds. The van der Waals surface area contributed by atoms with E-state index in [1.165, 1.54) is 0 Å². The third kappa shape index (κ3) is 8.58. The highest BCUT2D eigenvalue weighted by atomic mass is 16.5. The molecule has 0 saturated carbocycles. The first kappa shape index (κ1) is 23.9. The van der Waals surface area contributed by atoms with Crippen LogP contribution in [-0.4, -0.2) is 86.6 Å². The average molecular weight is 379 g/mol. The topological polar surface area (TPSA) is 31.3 Å². The molecule has 2 atom stereocenters. The number of allylic oxidation sites excluding steroid dienone is 1. The first-order valence-electron chi connectivity index (χ1n) is 10.5. The Kier molecular flexibility index (Phi) is 10.9. The molecular formula is C22H42N4O. The molecule has 0 N–H and O–H groups in total. The number of nitrogens with zero attached hydrogens (tertiary/aromatic N) is 4. The van der Waals surface area contributed by atoms with E-state index in [0.717, 1.165) is 69.4 Å². The summed E-state index contributed by atoms with van der Waals surface area (Å²) in [5.41, 5.74) is 2.16. The quantitative estimate of drug-likeness (QED) is 0.491. The van der Waals surface area contributed by atoms with Gasteiger partial charge in [-0.05, 0) is 58.0 Å². The van der Waals surface area contributed by atoms with E-state index >= 15 is 0 Å². The molecule has 0 unspecified atom stereocenters. The highest BCUT2D eigenvalue weighted by Crippen LogP contribution is 2.25. The minimum absolute atomic E-state index is 0.228. The van der Waals surface area contributed by atoms with E-state index < -0.39 is 0 Å². The second kappa shape index (κ2) is 12.3. The zero-order chi connectivity index (χ0) is 20.4. The van der Waals surface area contributed by atoms with Crippen molar-refractivity contribution >= 4 is 5.84 Å². The van der Waals surface area contributed by atoms with Gasteiger partial charge in [0.15, 0.2) is 0 Å². The number of likely N-dealkylation sites (N-methyl/N-ethyl adjacent to an activating group) is 3. The third-order valence-electron chi connectivity index (χ3n) is 5.60. The van der Waals surface area contributed by atoms with Crippen molar-refractivity contribution in [3.63, 3.8) is 0 Å². The van der Waals surface area contributed by atoms with Gasteiger partial charge < -0.3 is 19.4 Å². The van der Waals surface area contributed by atoms with Gasteiger partial charge in [-0.3, -0.25) is 0 Å². The van der Waals surface area contributed by atoms with E-state index in [1.54, 1.807) is 0 Å². The molecule has 0 aromatic carbocycles. The van der Waals surface area contributed by atoms with Gasteiger partial charge >= 0.3 is 0 Å². The lowest BCUT2D eigenvalue weighted by atomic mass is 9.93. The Morgan fingerprint density at radius 2 is 1.96 bits per heavy atom. The van der Waals surface area contributed by atoms with Crippen LogP contribution in [0.4, 0.5) is 0 Å². The molecule has 1 rings (SSSR count). The zero-order valence-corrected chi connectivity index (χ0v) is 18.8. The van der Waals surface area contributed by atoms with Crippen LogP contribution in [0.5, 0.6) is 0 Å². The smallest absolute Gasteiger partial charge is 0.102 e. The van der Waals surface area contributed by atoms with Crippen molar-refractivity contribution in [3.8, 4) is 0 Å². The van der Waals surface area contributed by atoms with Crippen LogP contribution >= 0.6 is 0 Å². The van der Waals surface area contributed by atoms with E-state index in [0.29, 0.717) is 5.92 Å². The Balaban J connectivity index is 2.34. The van der Waals surface area contributed by atoms with Crippen molar-refractivity contribution in [1.29, 1.82) is 0 Å². The van der Waals surface area contributed by atoms with Crippen LogP contribution < -0.4 is 0 Å². The molecule has 156 valence electrons. The van der Waals surface area contributed by atoms with Crippen molar-refractivity contribution < 1.29 is 4.74 Å². The Morgan fingerprint density at radius 1 is 1.26 bits per heavy atom. The molecule has 0 radical (unpaired) electrons. The van der Waals surface area contributed by atoms with Crippen molar-refractivity contribution in [2.75, 3.05) is 60.0 Å². The van der Waals surface area contributed by atoms with Gasteiger partial charge in [0.05, 0.1) is 18.4 Å². The largest absolute Gasteiger partial charge is 0.377 e. The highest BCUT2D eigenvalue weighted by Gasteiger charge is 2.18. The zero-order valence-electron chi connectivity index (χ0n) is 18.8. The number of aliphatic imine (C=N–C) groups is 1. The number of ether oxygens (including phenoxy) is 1. The van der Waals surface area contributed by atoms with Gasteiger partial charge in [-0.25, -0.2) is 4.99 Å². The third-order valence-corrected chi connectivity index (χ3v) is 5.60. The lowest BCUT2D eigenvalue weighted by molar-refractivity contribution is 0.0376. The molecule has 0 bridgehead atoms. The standard InChI is InChI=1S/C22H42N4O/c1-9-24(7)13-14-26(10-2)15-16-27-19(4)17-18(3)20(5)22-11-12-25(8)21(6)23-22/h11,18-19H,5,9-10,12-17H2,1-4,6-8H3/t18-,19+/m0/s1. The second-order valence-corrected chi connectivity index (χ2v) is 7.80. The summed E-state index contributed by atoms with van der Waals surface area (Å²) in [4.78, 5) is 11.6. The highest BCUT2D eigenvalue weighted by molar-refractivity contribution is 5.82. The SMILES string of the molecule is C=C(C1=CCN(C)C(C)=N1)[C@@H](C)C[C@@H](C)OCCN(CC)CCN(C)CC. The number of hydrogen-bond acceptors (Lipinski definition) is 5. The Morgan fingerprint density at radius 3 is 2.56 bits per heavy atom. The molecule has 0 aliphatic carbocycles. The van der Waals surface area contributed by atoms with Crippen LogP contribution in [0.3, 0.4) is 0 Å². The normalized spacial score (nSPS) is 17.1. The summed E-state index contributed by atoms with van der Waals surface area (Å²) < 4.78 is 6.09. The van der Waals surface area contributed by atoms with Crippen molar-refractivity contribution in [3.05, 3.63) is 23.9 Å². The summed E-state index contributed by atoms with van der Waals surface area (Å²) in [5, 5.41) is 0. The summed E-state index contributed by atoms with van der Waals surface area (Å²) in [5.74, 6) is 1.42. The van der Waals surface area contributed by atoms with Gasteiger partial charge in [-0.1, -0.05) is 27.4 Å². The molecule has 5 nitrogen and oxygen atoms in total.